The summed E-state index contributed by atoms with van der Waals surface area (Å²) in [5, 5.41) is 1.18. The molecule has 7 heteroatoms. The monoisotopic (exact) mass is 322 g/mol. The molecule has 0 unspecified atom stereocenters. The van der Waals surface area contributed by atoms with E-state index in [1.807, 2.05) is 12.1 Å². The molecule has 0 aromatic heterocycles. The summed E-state index contributed by atoms with van der Waals surface area (Å²) in [4.78, 5) is 2.10. The molecule has 1 aromatic carbocycles. The number of rotatable bonds is 3. The fourth-order valence-electron chi connectivity index (χ4n) is 2.13. The molecular formula is C12H16Cl2N2O2S. The predicted molar refractivity (Wildman–Crippen MR) is 79.7 cm³/mol. The Kier molecular flexibility index (Phi) is 4.61. The molecule has 2 rings (SSSR count). The van der Waals surface area contributed by atoms with E-state index in [1.165, 1.54) is 4.31 Å². The normalized spacial score (nSPS) is 17.7. The zero-order chi connectivity index (χ0) is 14.0. The minimum absolute atomic E-state index is 0.149. The summed E-state index contributed by atoms with van der Waals surface area (Å²) in [6, 6.07) is 5.37. The van der Waals surface area contributed by atoms with Crippen LogP contribution in [0.2, 0.25) is 10.0 Å². The Morgan fingerprint density at radius 1 is 1.05 bits per heavy atom. The van der Waals surface area contributed by atoms with Gasteiger partial charge in [-0.15, -0.1) is 0 Å². The largest absolute Gasteiger partial charge is 0.369 e. The second-order valence-electron chi connectivity index (χ2n) is 4.41. The molecule has 1 saturated heterocycles. The van der Waals surface area contributed by atoms with E-state index in [1.54, 1.807) is 13.0 Å². The Labute approximate surface area is 124 Å². The minimum Gasteiger partial charge on any atom is -0.369 e. The van der Waals surface area contributed by atoms with Crippen LogP contribution < -0.4 is 4.90 Å². The average molecular weight is 323 g/mol. The lowest BCUT2D eigenvalue weighted by Crippen LogP contribution is -2.49. The molecule has 0 spiro atoms. The van der Waals surface area contributed by atoms with E-state index < -0.39 is 10.0 Å². The molecule has 0 aliphatic carbocycles. The maximum atomic E-state index is 11.8. The highest BCUT2D eigenvalue weighted by atomic mass is 35.5. The second kappa shape index (κ2) is 5.87. The van der Waals surface area contributed by atoms with Crippen molar-refractivity contribution in [2.24, 2.45) is 0 Å². The maximum absolute atomic E-state index is 11.8. The van der Waals surface area contributed by atoms with Crippen LogP contribution in [0.15, 0.2) is 18.2 Å². The van der Waals surface area contributed by atoms with Crippen molar-refractivity contribution < 1.29 is 8.42 Å². The summed E-state index contributed by atoms with van der Waals surface area (Å²) in [5.74, 6) is 0.149. The first kappa shape index (κ1) is 14.9. The van der Waals surface area contributed by atoms with Crippen molar-refractivity contribution in [3.63, 3.8) is 0 Å². The van der Waals surface area contributed by atoms with Gasteiger partial charge in [-0.25, -0.2) is 8.42 Å². The zero-order valence-corrected chi connectivity index (χ0v) is 13.0. The third kappa shape index (κ3) is 3.54. The van der Waals surface area contributed by atoms with E-state index >= 15 is 0 Å². The van der Waals surface area contributed by atoms with Crippen LogP contribution in [0.3, 0.4) is 0 Å². The highest BCUT2D eigenvalue weighted by Crippen LogP contribution is 2.26. The summed E-state index contributed by atoms with van der Waals surface area (Å²) in [6.45, 7) is 3.96. The van der Waals surface area contributed by atoms with Crippen molar-refractivity contribution in [1.82, 2.24) is 4.31 Å². The fourth-order valence-corrected chi connectivity index (χ4v) is 3.73. The first-order valence-corrected chi connectivity index (χ1v) is 8.48. The van der Waals surface area contributed by atoms with Crippen LogP contribution in [0, 0.1) is 0 Å². The van der Waals surface area contributed by atoms with Crippen molar-refractivity contribution in [3.05, 3.63) is 28.2 Å². The average Bonchev–Trinajstić information content (AvgIpc) is 2.38. The van der Waals surface area contributed by atoms with Gasteiger partial charge in [-0.1, -0.05) is 23.2 Å². The highest BCUT2D eigenvalue weighted by molar-refractivity contribution is 7.89. The number of hydrogen-bond acceptors (Lipinski definition) is 3. The lowest BCUT2D eigenvalue weighted by molar-refractivity contribution is 0.385. The third-order valence-corrected chi connectivity index (χ3v) is 5.53. The lowest BCUT2D eigenvalue weighted by Gasteiger charge is -2.35. The van der Waals surface area contributed by atoms with Crippen LogP contribution in [-0.2, 0) is 10.0 Å². The van der Waals surface area contributed by atoms with Gasteiger partial charge in [0.15, 0.2) is 0 Å². The fraction of sp³-hybridized carbons (Fsp3) is 0.500. The molecule has 0 bridgehead atoms. The molecule has 4 nitrogen and oxygen atoms in total. The summed E-state index contributed by atoms with van der Waals surface area (Å²) >= 11 is 12.0. The van der Waals surface area contributed by atoms with Crippen LogP contribution in [0.1, 0.15) is 6.92 Å². The van der Waals surface area contributed by atoms with Gasteiger partial charge in [-0.2, -0.15) is 4.31 Å². The standard InChI is InChI=1S/C12H16Cl2N2O2S/c1-2-19(17,18)16-5-3-15(4-6-16)12-8-10(13)7-11(14)9-12/h7-9H,2-6H2,1H3. The number of halogens is 2. The van der Waals surface area contributed by atoms with Crippen LogP contribution >= 0.6 is 23.2 Å². The quantitative estimate of drug-likeness (QED) is 0.858. The van der Waals surface area contributed by atoms with Gasteiger partial charge in [0, 0.05) is 41.9 Å². The number of hydrogen-bond donors (Lipinski definition) is 0. The summed E-state index contributed by atoms with van der Waals surface area (Å²) in [5.41, 5.74) is 0.936. The van der Waals surface area contributed by atoms with Crippen LogP contribution in [0.4, 0.5) is 5.69 Å². The Bertz CT molecular complexity index is 535. The van der Waals surface area contributed by atoms with Gasteiger partial charge in [0.2, 0.25) is 10.0 Å². The van der Waals surface area contributed by atoms with Gasteiger partial charge >= 0.3 is 0 Å². The molecule has 1 aromatic rings. The van der Waals surface area contributed by atoms with Crippen molar-refractivity contribution in [1.29, 1.82) is 0 Å². The van der Waals surface area contributed by atoms with E-state index in [0.717, 1.165) is 5.69 Å². The van der Waals surface area contributed by atoms with Gasteiger partial charge in [0.1, 0.15) is 0 Å². The van der Waals surface area contributed by atoms with Crippen LogP contribution in [0.5, 0.6) is 0 Å². The van der Waals surface area contributed by atoms with Gasteiger partial charge in [-0.3, -0.25) is 0 Å². The molecule has 0 amide bonds. The number of anilines is 1. The molecule has 1 aliphatic rings. The molecule has 1 heterocycles. The summed E-state index contributed by atoms with van der Waals surface area (Å²) in [6.07, 6.45) is 0. The van der Waals surface area contributed by atoms with E-state index in [-0.39, 0.29) is 5.75 Å². The van der Waals surface area contributed by atoms with Gasteiger partial charge in [0.25, 0.3) is 0 Å². The van der Waals surface area contributed by atoms with Crippen molar-refractivity contribution in [2.75, 3.05) is 36.8 Å². The summed E-state index contributed by atoms with van der Waals surface area (Å²) in [7, 11) is -3.09. The lowest BCUT2D eigenvalue weighted by atomic mass is 10.2. The predicted octanol–water partition coefficient (Wildman–Crippen LogP) is 2.47. The van der Waals surface area contributed by atoms with Gasteiger partial charge in [-0.05, 0) is 25.1 Å². The molecule has 19 heavy (non-hydrogen) atoms. The van der Waals surface area contributed by atoms with Crippen LogP contribution in [0.25, 0.3) is 0 Å². The maximum Gasteiger partial charge on any atom is 0.213 e. The Morgan fingerprint density at radius 2 is 1.58 bits per heavy atom. The molecule has 1 fully saturated rings. The third-order valence-electron chi connectivity index (χ3n) is 3.21. The van der Waals surface area contributed by atoms with Gasteiger partial charge in [0.05, 0.1) is 5.75 Å². The SMILES string of the molecule is CCS(=O)(=O)N1CCN(c2cc(Cl)cc(Cl)c2)CC1. The van der Waals surface area contributed by atoms with Gasteiger partial charge < -0.3 is 4.90 Å². The minimum atomic E-state index is -3.09. The van der Waals surface area contributed by atoms with Crippen molar-refractivity contribution >= 4 is 38.9 Å². The van der Waals surface area contributed by atoms with Crippen molar-refractivity contribution in [3.8, 4) is 0 Å². The topological polar surface area (TPSA) is 40.6 Å². The smallest absolute Gasteiger partial charge is 0.213 e. The van der Waals surface area contributed by atoms with E-state index in [9.17, 15) is 8.42 Å². The number of piperazine rings is 1. The highest BCUT2D eigenvalue weighted by Gasteiger charge is 2.25. The molecule has 0 saturated carbocycles. The Morgan fingerprint density at radius 3 is 2.05 bits per heavy atom. The Hall–Kier alpha value is -0.490. The van der Waals surface area contributed by atoms with E-state index in [2.05, 4.69) is 4.90 Å². The molecule has 0 atom stereocenters. The van der Waals surface area contributed by atoms with Crippen molar-refractivity contribution in [2.45, 2.75) is 6.92 Å². The molecule has 1 aliphatic heterocycles. The van der Waals surface area contributed by atoms with E-state index in [0.29, 0.717) is 36.2 Å². The first-order chi connectivity index (χ1) is 8.92. The summed E-state index contributed by atoms with van der Waals surface area (Å²) < 4.78 is 25.1. The number of sulfonamides is 1. The molecule has 106 valence electrons. The molecule has 0 N–H and O–H groups in total. The molecule has 0 radical (unpaired) electrons. The zero-order valence-electron chi connectivity index (χ0n) is 10.6. The Balaban J connectivity index is 2.08. The first-order valence-electron chi connectivity index (χ1n) is 6.11. The molecular weight excluding hydrogens is 307 g/mol. The number of benzene rings is 1. The van der Waals surface area contributed by atoms with E-state index in [4.69, 9.17) is 23.2 Å². The number of nitrogens with zero attached hydrogens (tertiary/aromatic N) is 2. The second-order valence-corrected chi connectivity index (χ2v) is 7.54. The van der Waals surface area contributed by atoms with Crippen LogP contribution in [-0.4, -0.2) is 44.7 Å².